The third-order valence-corrected chi connectivity index (χ3v) is 6.57. The van der Waals surface area contributed by atoms with Gasteiger partial charge in [0.1, 0.15) is 5.82 Å². The zero-order valence-electron chi connectivity index (χ0n) is 19.0. The Labute approximate surface area is 194 Å². The van der Waals surface area contributed by atoms with Crippen LogP contribution in [0.3, 0.4) is 0 Å². The number of aromatic nitrogens is 3. The predicted molar refractivity (Wildman–Crippen MR) is 121 cm³/mol. The van der Waals surface area contributed by atoms with Crippen LogP contribution in [-0.4, -0.2) is 32.2 Å². The normalized spacial score (nSPS) is 20.7. The van der Waals surface area contributed by atoms with Gasteiger partial charge in [-0.1, -0.05) is 30.3 Å². The van der Waals surface area contributed by atoms with E-state index < -0.39 is 17.3 Å². The number of amides is 2. The number of anilines is 2. The number of nitrogens with one attached hydrogen (secondary N) is 3. The number of benzene rings is 1. The van der Waals surface area contributed by atoms with E-state index in [0.29, 0.717) is 11.7 Å². The second kappa shape index (κ2) is 7.75. The Balaban J connectivity index is 1.32. The number of carbonyl (C=O) groups excluding carboxylic acids is 1. The standard InChI is InChI=1S/C24H25F3N6O/c1-13-9-15(24(25,26)27)10-19(28-13)30-21-17-12-33(23(2,3)20(17)31-32-21)22(34)29-18-11-16(18)14-7-5-4-6-8-14/h4-10,16,18H,11-12H2,1-3H3,(H,29,34)(H2,28,30,31,32)/t16-,18+/m1/s1. The Morgan fingerprint density at radius 2 is 1.94 bits per heavy atom. The fraction of sp³-hybridized carbons (Fsp3) is 0.375. The molecule has 2 atom stereocenters. The lowest BCUT2D eigenvalue weighted by Gasteiger charge is -2.32. The molecule has 2 aliphatic rings. The maximum atomic E-state index is 13.2. The summed E-state index contributed by atoms with van der Waals surface area (Å²) in [7, 11) is 0. The van der Waals surface area contributed by atoms with Crippen LogP contribution in [0, 0.1) is 6.92 Å². The van der Waals surface area contributed by atoms with Crippen LogP contribution in [0.25, 0.3) is 0 Å². The molecule has 10 heteroatoms. The molecule has 7 nitrogen and oxygen atoms in total. The number of pyridine rings is 1. The van der Waals surface area contributed by atoms with Gasteiger partial charge in [-0.05, 0) is 44.9 Å². The molecule has 2 aromatic heterocycles. The van der Waals surface area contributed by atoms with Crippen LogP contribution in [0.4, 0.5) is 29.6 Å². The monoisotopic (exact) mass is 470 g/mol. The fourth-order valence-electron chi connectivity index (χ4n) is 4.62. The number of urea groups is 1. The summed E-state index contributed by atoms with van der Waals surface area (Å²) in [6.45, 7) is 5.60. The lowest BCUT2D eigenvalue weighted by molar-refractivity contribution is -0.137. The van der Waals surface area contributed by atoms with Crippen molar-refractivity contribution in [1.29, 1.82) is 0 Å². The quantitative estimate of drug-likeness (QED) is 0.490. The largest absolute Gasteiger partial charge is 0.416 e. The minimum Gasteiger partial charge on any atom is -0.335 e. The minimum absolute atomic E-state index is 0.0472. The number of carbonyl (C=O) groups is 1. The molecule has 1 saturated carbocycles. The molecule has 5 rings (SSSR count). The van der Waals surface area contributed by atoms with Crippen molar-refractivity contribution in [3.8, 4) is 0 Å². The van der Waals surface area contributed by atoms with Crippen molar-refractivity contribution < 1.29 is 18.0 Å². The van der Waals surface area contributed by atoms with Gasteiger partial charge in [-0.15, -0.1) is 0 Å². The molecule has 1 aliphatic heterocycles. The topological polar surface area (TPSA) is 85.9 Å². The summed E-state index contributed by atoms with van der Waals surface area (Å²) in [5.41, 5.74) is 1.47. The summed E-state index contributed by atoms with van der Waals surface area (Å²) in [6, 6.07) is 11.9. The molecule has 1 aliphatic carbocycles. The number of halogens is 3. The molecule has 34 heavy (non-hydrogen) atoms. The summed E-state index contributed by atoms with van der Waals surface area (Å²) < 4.78 is 39.6. The minimum atomic E-state index is -4.48. The van der Waals surface area contributed by atoms with Crippen molar-refractivity contribution >= 4 is 17.7 Å². The first-order valence-corrected chi connectivity index (χ1v) is 11.1. The first kappa shape index (κ1) is 22.2. The predicted octanol–water partition coefficient (Wildman–Crippen LogP) is 5.19. The van der Waals surface area contributed by atoms with Crippen molar-refractivity contribution in [3.05, 3.63) is 70.5 Å². The zero-order valence-corrected chi connectivity index (χ0v) is 19.0. The third-order valence-electron chi connectivity index (χ3n) is 6.57. The molecule has 2 amide bonds. The molecule has 0 bridgehead atoms. The number of nitrogens with zero attached hydrogens (tertiary/aromatic N) is 3. The number of hydrogen-bond acceptors (Lipinski definition) is 4. The van der Waals surface area contributed by atoms with Crippen LogP contribution in [0.1, 0.15) is 54.3 Å². The number of H-pyrrole nitrogens is 1. The number of aromatic amines is 1. The average Bonchev–Trinajstić information content (AvgIpc) is 3.32. The molecule has 0 spiro atoms. The average molecular weight is 470 g/mol. The van der Waals surface area contributed by atoms with Gasteiger partial charge in [0, 0.05) is 23.2 Å². The molecule has 1 fully saturated rings. The van der Waals surface area contributed by atoms with Crippen molar-refractivity contribution in [3.63, 3.8) is 0 Å². The number of hydrogen-bond donors (Lipinski definition) is 3. The maximum absolute atomic E-state index is 13.2. The smallest absolute Gasteiger partial charge is 0.335 e. The Bertz CT molecular complexity index is 1240. The molecular weight excluding hydrogens is 445 g/mol. The van der Waals surface area contributed by atoms with E-state index in [1.54, 1.807) is 4.90 Å². The van der Waals surface area contributed by atoms with E-state index in [2.05, 4.69) is 37.9 Å². The Morgan fingerprint density at radius 1 is 1.21 bits per heavy atom. The molecule has 3 N–H and O–H groups in total. The number of aryl methyl sites for hydroxylation is 1. The molecule has 3 aromatic rings. The lowest BCUT2D eigenvalue weighted by Crippen LogP contribution is -2.47. The molecule has 0 unspecified atom stereocenters. The molecule has 0 radical (unpaired) electrons. The van der Waals surface area contributed by atoms with E-state index in [4.69, 9.17) is 0 Å². The Morgan fingerprint density at radius 3 is 2.65 bits per heavy atom. The summed E-state index contributed by atoms with van der Waals surface area (Å²) in [5, 5.41) is 13.2. The molecule has 178 valence electrons. The number of rotatable bonds is 4. The van der Waals surface area contributed by atoms with E-state index >= 15 is 0 Å². The Kier molecular flexibility index (Phi) is 5.07. The highest BCUT2D eigenvalue weighted by Crippen LogP contribution is 2.44. The third kappa shape index (κ3) is 3.97. The van der Waals surface area contributed by atoms with Gasteiger partial charge in [-0.2, -0.15) is 18.3 Å². The molecule has 0 saturated heterocycles. The molecule has 1 aromatic carbocycles. The molecule has 3 heterocycles. The van der Waals surface area contributed by atoms with Gasteiger partial charge in [-0.3, -0.25) is 5.10 Å². The van der Waals surface area contributed by atoms with Crippen molar-refractivity contribution in [2.45, 2.75) is 57.4 Å². The second-order valence-corrected chi connectivity index (χ2v) is 9.38. The van der Waals surface area contributed by atoms with E-state index in [9.17, 15) is 18.0 Å². The number of alkyl halides is 3. The summed E-state index contributed by atoms with van der Waals surface area (Å²) in [5.74, 6) is 0.715. The van der Waals surface area contributed by atoms with Crippen LogP contribution in [0.2, 0.25) is 0 Å². The van der Waals surface area contributed by atoms with Crippen LogP contribution >= 0.6 is 0 Å². The molecular formula is C24H25F3N6O. The van der Waals surface area contributed by atoms with Gasteiger partial charge in [0.05, 0.1) is 23.3 Å². The van der Waals surface area contributed by atoms with Crippen molar-refractivity contribution in [2.24, 2.45) is 0 Å². The second-order valence-electron chi connectivity index (χ2n) is 9.38. The van der Waals surface area contributed by atoms with Crippen LogP contribution in [0.15, 0.2) is 42.5 Å². The summed E-state index contributed by atoms with van der Waals surface area (Å²) >= 11 is 0. The van der Waals surface area contributed by atoms with Gasteiger partial charge in [-0.25, -0.2) is 9.78 Å². The van der Waals surface area contributed by atoms with Gasteiger partial charge in [0.2, 0.25) is 0 Å². The number of fused-ring (bicyclic) bond motifs is 1. The van der Waals surface area contributed by atoms with E-state index in [1.807, 2.05) is 32.0 Å². The summed E-state index contributed by atoms with van der Waals surface area (Å²) in [4.78, 5) is 19.0. The highest BCUT2D eigenvalue weighted by atomic mass is 19.4. The van der Waals surface area contributed by atoms with Crippen molar-refractivity contribution in [2.75, 3.05) is 5.32 Å². The summed E-state index contributed by atoms with van der Waals surface area (Å²) in [6.07, 6.45) is -3.58. The fourth-order valence-corrected chi connectivity index (χ4v) is 4.62. The zero-order chi connectivity index (χ0) is 24.3. The highest BCUT2D eigenvalue weighted by Gasteiger charge is 2.46. The van der Waals surface area contributed by atoms with Crippen LogP contribution in [0.5, 0.6) is 0 Å². The SMILES string of the molecule is Cc1cc(C(F)(F)F)cc(Nc2n[nH]c3c2CN(C(=O)N[C@H]2C[C@@H]2c2ccccc2)C3(C)C)n1. The van der Waals surface area contributed by atoms with E-state index in [1.165, 1.54) is 12.5 Å². The van der Waals surface area contributed by atoms with Crippen molar-refractivity contribution in [1.82, 2.24) is 25.4 Å². The first-order chi connectivity index (χ1) is 16.0. The van der Waals surface area contributed by atoms with Gasteiger partial charge < -0.3 is 15.5 Å². The van der Waals surface area contributed by atoms with E-state index in [-0.39, 0.29) is 30.1 Å². The lowest BCUT2D eigenvalue weighted by atomic mass is 10.0. The Hall–Kier alpha value is -3.56. The van der Waals surface area contributed by atoms with Gasteiger partial charge in [0.25, 0.3) is 0 Å². The maximum Gasteiger partial charge on any atom is 0.416 e. The van der Waals surface area contributed by atoms with E-state index in [0.717, 1.165) is 29.8 Å². The van der Waals surface area contributed by atoms with Gasteiger partial charge in [0.15, 0.2) is 5.82 Å². The first-order valence-electron chi connectivity index (χ1n) is 11.1. The van der Waals surface area contributed by atoms with Gasteiger partial charge >= 0.3 is 12.2 Å². The van der Waals surface area contributed by atoms with Crippen LogP contribution in [-0.2, 0) is 18.3 Å². The van der Waals surface area contributed by atoms with Crippen LogP contribution < -0.4 is 10.6 Å². The highest BCUT2D eigenvalue weighted by molar-refractivity contribution is 5.78.